The zero-order valence-electron chi connectivity index (χ0n) is 11.4. The first-order valence-electron chi connectivity index (χ1n) is 6.45. The molecule has 1 amide bonds. The molecule has 2 rings (SSSR count). The van der Waals surface area contributed by atoms with Crippen molar-refractivity contribution >= 4 is 30.1 Å². The normalized spacial score (nSPS) is 17.6. The van der Waals surface area contributed by atoms with Gasteiger partial charge in [0.05, 0.1) is 5.92 Å². The van der Waals surface area contributed by atoms with E-state index in [2.05, 4.69) is 10.6 Å². The molecule has 1 aromatic carbocycles. The van der Waals surface area contributed by atoms with Crippen molar-refractivity contribution in [1.82, 2.24) is 10.6 Å². The minimum atomic E-state index is -0.223. The number of hydrogen-bond acceptors (Lipinski definition) is 3. The van der Waals surface area contributed by atoms with E-state index in [1.165, 1.54) is 6.07 Å². The van der Waals surface area contributed by atoms with Gasteiger partial charge in [0.2, 0.25) is 5.91 Å². The third-order valence-corrected chi connectivity index (χ3v) is 3.95. The van der Waals surface area contributed by atoms with E-state index in [9.17, 15) is 9.18 Å². The maximum atomic E-state index is 13.2. The molecule has 0 saturated carbocycles. The summed E-state index contributed by atoms with van der Waals surface area (Å²) in [5.41, 5.74) is 1.95. The molecule has 1 fully saturated rings. The Hall–Kier alpha value is -0.780. The molecule has 3 nitrogen and oxygen atoms in total. The molecular formula is C14H20ClFN2OS. The van der Waals surface area contributed by atoms with Gasteiger partial charge in [-0.25, -0.2) is 4.39 Å². The number of halogens is 2. The van der Waals surface area contributed by atoms with Crippen LogP contribution in [0.1, 0.15) is 17.5 Å². The summed E-state index contributed by atoms with van der Waals surface area (Å²) in [6.07, 6.45) is 2.88. The molecule has 0 aromatic heterocycles. The van der Waals surface area contributed by atoms with E-state index in [1.807, 2.05) is 6.26 Å². The fraction of sp³-hybridized carbons (Fsp3) is 0.500. The van der Waals surface area contributed by atoms with Gasteiger partial charge in [0.1, 0.15) is 5.82 Å². The molecule has 1 saturated heterocycles. The zero-order valence-corrected chi connectivity index (χ0v) is 13.1. The summed E-state index contributed by atoms with van der Waals surface area (Å²) >= 11 is 1.65. The van der Waals surface area contributed by atoms with Crippen LogP contribution < -0.4 is 10.6 Å². The minimum absolute atomic E-state index is 0. The minimum Gasteiger partial charge on any atom is -0.352 e. The van der Waals surface area contributed by atoms with Gasteiger partial charge < -0.3 is 10.6 Å². The molecule has 0 spiro atoms. The van der Waals surface area contributed by atoms with Crippen molar-refractivity contribution < 1.29 is 9.18 Å². The number of hydrogen-bond donors (Lipinski definition) is 2. The number of thioether (sulfide) groups is 1. The standard InChI is InChI=1S/C14H19FN2OS.ClH/c1-19-9-12-6-13(15)3-2-10(12)8-17-14(18)11-4-5-16-7-11;/h2-3,6,11,16H,4-5,7-9H2,1H3,(H,17,18);1H. The highest BCUT2D eigenvalue weighted by Gasteiger charge is 2.22. The average molecular weight is 319 g/mol. The molecule has 1 aliphatic rings. The van der Waals surface area contributed by atoms with Crippen molar-refractivity contribution in [1.29, 1.82) is 0 Å². The van der Waals surface area contributed by atoms with E-state index in [1.54, 1.807) is 23.9 Å². The molecule has 2 N–H and O–H groups in total. The predicted octanol–water partition coefficient (Wildman–Crippen LogP) is 2.34. The van der Waals surface area contributed by atoms with Crippen molar-refractivity contribution in [2.75, 3.05) is 19.3 Å². The number of carbonyl (C=O) groups excluding carboxylic acids is 1. The van der Waals surface area contributed by atoms with Crippen LogP contribution in [-0.4, -0.2) is 25.3 Å². The first-order chi connectivity index (χ1) is 9.20. The highest BCUT2D eigenvalue weighted by atomic mass is 35.5. The van der Waals surface area contributed by atoms with Gasteiger partial charge in [0.15, 0.2) is 0 Å². The second-order valence-electron chi connectivity index (χ2n) is 4.75. The number of rotatable bonds is 5. The summed E-state index contributed by atoms with van der Waals surface area (Å²) in [7, 11) is 0. The molecular weight excluding hydrogens is 299 g/mol. The Morgan fingerprint density at radius 2 is 2.30 bits per heavy atom. The Morgan fingerprint density at radius 1 is 1.50 bits per heavy atom. The van der Waals surface area contributed by atoms with Gasteiger partial charge in [0, 0.05) is 18.8 Å². The lowest BCUT2D eigenvalue weighted by atomic mass is 10.1. The van der Waals surface area contributed by atoms with Gasteiger partial charge in [-0.15, -0.1) is 12.4 Å². The van der Waals surface area contributed by atoms with Gasteiger partial charge in [0.25, 0.3) is 0 Å². The third-order valence-electron chi connectivity index (χ3n) is 3.35. The molecule has 1 atom stereocenters. The number of benzene rings is 1. The van der Waals surface area contributed by atoms with Crippen LogP contribution in [0.3, 0.4) is 0 Å². The van der Waals surface area contributed by atoms with Crippen LogP contribution in [0.2, 0.25) is 0 Å². The average Bonchev–Trinajstić information content (AvgIpc) is 2.92. The first kappa shape index (κ1) is 17.3. The Kier molecular flexibility index (Phi) is 7.34. The third kappa shape index (κ3) is 4.65. The van der Waals surface area contributed by atoms with E-state index in [0.717, 1.165) is 36.4 Å². The maximum Gasteiger partial charge on any atom is 0.224 e. The van der Waals surface area contributed by atoms with E-state index in [-0.39, 0.29) is 30.0 Å². The summed E-state index contributed by atoms with van der Waals surface area (Å²) in [5.74, 6) is 0.696. The fourth-order valence-electron chi connectivity index (χ4n) is 2.26. The highest BCUT2D eigenvalue weighted by molar-refractivity contribution is 7.97. The Bertz CT molecular complexity index is 453. The molecule has 1 aromatic rings. The molecule has 1 aliphatic heterocycles. The largest absolute Gasteiger partial charge is 0.352 e. The van der Waals surface area contributed by atoms with Crippen LogP contribution in [0.25, 0.3) is 0 Å². The summed E-state index contributed by atoms with van der Waals surface area (Å²) < 4.78 is 13.2. The van der Waals surface area contributed by atoms with Crippen LogP contribution in [0, 0.1) is 11.7 Å². The Morgan fingerprint density at radius 3 is 2.95 bits per heavy atom. The lowest BCUT2D eigenvalue weighted by Crippen LogP contribution is -2.31. The summed E-state index contributed by atoms with van der Waals surface area (Å²) in [5, 5.41) is 6.13. The summed E-state index contributed by atoms with van der Waals surface area (Å²) in [6, 6.07) is 4.76. The van der Waals surface area contributed by atoms with Crippen LogP contribution >= 0.6 is 24.2 Å². The SMILES string of the molecule is CSCc1cc(F)ccc1CNC(=O)C1CCNC1.Cl. The van der Waals surface area contributed by atoms with Crippen LogP contribution in [0.4, 0.5) is 4.39 Å². The molecule has 1 unspecified atom stereocenters. The lowest BCUT2D eigenvalue weighted by molar-refractivity contribution is -0.124. The zero-order chi connectivity index (χ0) is 13.7. The van der Waals surface area contributed by atoms with Crippen molar-refractivity contribution in [3.05, 3.63) is 35.1 Å². The van der Waals surface area contributed by atoms with Crippen molar-refractivity contribution in [3.8, 4) is 0 Å². The maximum absolute atomic E-state index is 13.2. The second-order valence-corrected chi connectivity index (χ2v) is 5.62. The molecule has 112 valence electrons. The van der Waals surface area contributed by atoms with Gasteiger partial charge >= 0.3 is 0 Å². The topological polar surface area (TPSA) is 41.1 Å². The molecule has 6 heteroatoms. The number of nitrogens with one attached hydrogen (secondary N) is 2. The Labute approximate surface area is 129 Å². The molecule has 0 radical (unpaired) electrons. The Balaban J connectivity index is 0.00000200. The smallest absolute Gasteiger partial charge is 0.224 e. The van der Waals surface area contributed by atoms with E-state index in [0.29, 0.717) is 6.54 Å². The first-order valence-corrected chi connectivity index (χ1v) is 7.84. The second kappa shape index (κ2) is 8.49. The molecule has 0 bridgehead atoms. The lowest BCUT2D eigenvalue weighted by Gasteiger charge is -2.12. The van der Waals surface area contributed by atoms with Crippen LogP contribution in [0.5, 0.6) is 0 Å². The summed E-state index contributed by atoms with van der Waals surface area (Å²) in [4.78, 5) is 11.9. The number of amides is 1. The number of carbonyl (C=O) groups is 1. The summed E-state index contributed by atoms with van der Waals surface area (Å²) in [6.45, 7) is 2.14. The van der Waals surface area contributed by atoms with E-state index >= 15 is 0 Å². The van der Waals surface area contributed by atoms with Gasteiger partial charge in [-0.1, -0.05) is 6.07 Å². The van der Waals surface area contributed by atoms with Crippen LogP contribution in [-0.2, 0) is 17.1 Å². The van der Waals surface area contributed by atoms with Crippen molar-refractivity contribution in [3.63, 3.8) is 0 Å². The van der Waals surface area contributed by atoms with E-state index < -0.39 is 0 Å². The van der Waals surface area contributed by atoms with E-state index in [4.69, 9.17) is 0 Å². The van der Waals surface area contributed by atoms with Gasteiger partial charge in [-0.3, -0.25) is 4.79 Å². The van der Waals surface area contributed by atoms with Crippen molar-refractivity contribution in [2.45, 2.75) is 18.7 Å². The van der Waals surface area contributed by atoms with Gasteiger partial charge in [-0.2, -0.15) is 11.8 Å². The molecule has 20 heavy (non-hydrogen) atoms. The fourth-order valence-corrected chi connectivity index (χ4v) is 2.84. The van der Waals surface area contributed by atoms with Crippen LogP contribution in [0.15, 0.2) is 18.2 Å². The quantitative estimate of drug-likeness (QED) is 0.875. The highest BCUT2D eigenvalue weighted by Crippen LogP contribution is 2.17. The van der Waals surface area contributed by atoms with Gasteiger partial charge in [-0.05, 0) is 42.5 Å². The molecule has 1 heterocycles. The monoisotopic (exact) mass is 318 g/mol. The predicted molar refractivity (Wildman–Crippen MR) is 83.7 cm³/mol. The van der Waals surface area contributed by atoms with Crippen molar-refractivity contribution in [2.24, 2.45) is 5.92 Å². The molecule has 0 aliphatic carbocycles.